The van der Waals surface area contributed by atoms with Crippen molar-refractivity contribution in [1.29, 1.82) is 5.26 Å². The van der Waals surface area contributed by atoms with Gasteiger partial charge in [-0.1, -0.05) is 0 Å². The zero-order chi connectivity index (χ0) is 16.8. The van der Waals surface area contributed by atoms with Gasteiger partial charge in [0.15, 0.2) is 11.5 Å². The minimum atomic E-state index is -0.597. The summed E-state index contributed by atoms with van der Waals surface area (Å²) in [6.07, 6.45) is 0.353. The molecule has 0 aromatic heterocycles. The fourth-order valence-corrected chi connectivity index (χ4v) is 1.87. The van der Waals surface area contributed by atoms with Gasteiger partial charge in [-0.3, -0.25) is 5.32 Å². The number of carbonyl (C=O) groups is 1. The molecule has 0 fully saturated rings. The molecule has 1 amide bonds. The lowest BCUT2D eigenvalue weighted by atomic mass is 10.1. The van der Waals surface area contributed by atoms with Crippen molar-refractivity contribution in [2.45, 2.75) is 39.2 Å². The van der Waals surface area contributed by atoms with Crippen molar-refractivity contribution in [3.8, 4) is 17.6 Å². The Balaban J connectivity index is 3.09. The van der Waals surface area contributed by atoms with E-state index in [2.05, 4.69) is 11.4 Å². The maximum atomic E-state index is 11.9. The Labute approximate surface area is 131 Å². The van der Waals surface area contributed by atoms with Crippen LogP contribution in [0.25, 0.3) is 0 Å². The van der Waals surface area contributed by atoms with Crippen molar-refractivity contribution < 1.29 is 19.0 Å². The van der Waals surface area contributed by atoms with Crippen molar-refractivity contribution in [3.63, 3.8) is 0 Å². The summed E-state index contributed by atoms with van der Waals surface area (Å²) in [6.45, 7) is 5.36. The van der Waals surface area contributed by atoms with Gasteiger partial charge in [-0.25, -0.2) is 4.79 Å². The predicted octanol–water partition coefficient (Wildman–Crippen LogP) is 3.51. The third-order valence-corrected chi connectivity index (χ3v) is 2.70. The van der Waals surface area contributed by atoms with Gasteiger partial charge in [0.1, 0.15) is 5.60 Å². The molecule has 0 saturated heterocycles. The summed E-state index contributed by atoms with van der Waals surface area (Å²) in [6, 6.07) is 5.63. The first kappa shape index (κ1) is 17.6. The molecule has 0 saturated carbocycles. The molecular weight excluding hydrogens is 284 g/mol. The van der Waals surface area contributed by atoms with Gasteiger partial charge in [-0.15, -0.1) is 0 Å². The van der Waals surface area contributed by atoms with E-state index < -0.39 is 11.7 Å². The van der Waals surface area contributed by atoms with Gasteiger partial charge in [-0.05, 0) is 44.9 Å². The predicted molar refractivity (Wildman–Crippen MR) is 83.3 cm³/mol. The van der Waals surface area contributed by atoms with Crippen LogP contribution in [0.3, 0.4) is 0 Å². The molecule has 0 unspecified atom stereocenters. The maximum absolute atomic E-state index is 11.9. The highest BCUT2D eigenvalue weighted by Crippen LogP contribution is 2.37. The Hall–Kier alpha value is -2.42. The number of carbonyl (C=O) groups excluding carboxylic acids is 1. The molecule has 0 aliphatic rings. The first-order valence-electron chi connectivity index (χ1n) is 6.92. The molecule has 0 aliphatic heterocycles. The van der Waals surface area contributed by atoms with Crippen molar-refractivity contribution in [2.24, 2.45) is 0 Å². The number of anilines is 1. The minimum absolute atomic E-state index is 0.376. The number of hydrogen-bond donors (Lipinski definition) is 1. The number of nitriles is 1. The minimum Gasteiger partial charge on any atom is -0.493 e. The van der Waals surface area contributed by atoms with E-state index in [0.717, 1.165) is 5.56 Å². The Morgan fingerprint density at radius 2 is 1.95 bits per heavy atom. The average Bonchev–Trinajstić information content (AvgIpc) is 2.42. The summed E-state index contributed by atoms with van der Waals surface area (Å²) in [4.78, 5) is 11.9. The number of aryl methyl sites for hydroxylation is 1. The van der Waals surface area contributed by atoms with Crippen molar-refractivity contribution in [2.75, 3.05) is 19.5 Å². The number of nitrogens with one attached hydrogen (secondary N) is 1. The van der Waals surface area contributed by atoms with E-state index in [1.807, 2.05) is 0 Å². The molecule has 0 aliphatic carbocycles. The standard InChI is InChI=1S/C16H22N2O4/c1-16(2,3)22-15(19)18-12-9-11(7-6-8-17)10-13(20-4)14(12)21-5/h9-10H,6-7H2,1-5H3,(H,18,19). The summed E-state index contributed by atoms with van der Waals surface area (Å²) in [5.41, 5.74) is 0.717. The zero-order valence-electron chi connectivity index (χ0n) is 13.6. The molecule has 0 heterocycles. The second-order valence-corrected chi connectivity index (χ2v) is 5.66. The lowest BCUT2D eigenvalue weighted by Crippen LogP contribution is -2.27. The van der Waals surface area contributed by atoms with Crippen molar-refractivity contribution in [1.82, 2.24) is 0 Å². The van der Waals surface area contributed by atoms with Gasteiger partial charge >= 0.3 is 6.09 Å². The van der Waals surface area contributed by atoms with Crippen LogP contribution in [-0.4, -0.2) is 25.9 Å². The van der Waals surface area contributed by atoms with Crippen LogP contribution in [-0.2, 0) is 11.2 Å². The van der Waals surface area contributed by atoms with Crippen LogP contribution in [0.2, 0.25) is 0 Å². The second kappa shape index (κ2) is 7.55. The van der Waals surface area contributed by atoms with Gasteiger partial charge in [0.25, 0.3) is 0 Å². The Bertz CT molecular complexity index is 571. The van der Waals surface area contributed by atoms with Crippen LogP contribution in [0.1, 0.15) is 32.8 Å². The number of nitrogens with zero attached hydrogens (tertiary/aromatic N) is 1. The van der Waals surface area contributed by atoms with E-state index in [-0.39, 0.29) is 0 Å². The molecule has 1 N–H and O–H groups in total. The summed E-state index contributed by atoms with van der Waals surface area (Å²) in [7, 11) is 3.01. The number of ether oxygens (including phenoxy) is 3. The topological polar surface area (TPSA) is 80.6 Å². The Kier molecular flexibility index (Phi) is 6.05. The number of methoxy groups -OCH3 is 2. The van der Waals surface area contributed by atoms with Crippen LogP contribution >= 0.6 is 0 Å². The SMILES string of the molecule is COc1cc(CCC#N)cc(NC(=O)OC(C)(C)C)c1OC. The number of benzene rings is 1. The average molecular weight is 306 g/mol. The molecule has 1 aromatic carbocycles. The van der Waals surface area contributed by atoms with Crippen LogP contribution in [0.15, 0.2) is 12.1 Å². The van der Waals surface area contributed by atoms with E-state index in [4.69, 9.17) is 19.5 Å². The monoisotopic (exact) mass is 306 g/mol. The zero-order valence-corrected chi connectivity index (χ0v) is 13.6. The molecule has 0 bridgehead atoms. The van der Waals surface area contributed by atoms with Crippen molar-refractivity contribution in [3.05, 3.63) is 17.7 Å². The highest BCUT2D eigenvalue weighted by molar-refractivity contribution is 5.88. The first-order chi connectivity index (χ1) is 10.3. The van der Waals surface area contributed by atoms with E-state index in [1.165, 1.54) is 14.2 Å². The van der Waals surface area contributed by atoms with E-state index in [0.29, 0.717) is 30.0 Å². The van der Waals surface area contributed by atoms with Crippen LogP contribution in [0, 0.1) is 11.3 Å². The van der Waals surface area contributed by atoms with Crippen molar-refractivity contribution >= 4 is 11.8 Å². The second-order valence-electron chi connectivity index (χ2n) is 5.66. The number of amides is 1. The van der Waals surface area contributed by atoms with Gasteiger partial charge in [0.2, 0.25) is 0 Å². The molecule has 22 heavy (non-hydrogen) atoms. The molecule has 1 rings (SSSR count). The largest absolute Gasteiger partial charge is 0.493 e. The molecule has 6 nitrogen and oxygen atoms in total. The quantitative estimate of drug-likeness (QED) is 0.900. The molecular formula is C16H22N2O4. The number of hydrogen-bond acceptors (Lipinski definition) is 5. The Morgan fingerprint density at radius 3 is 2.45 bits per heavy atom. The van der Waals surface area contributed by atoms with Crippen LogP contribution in [0.5, 0.6) is 11.5 Å². The Morgan fingerprint density at radius 1 is 1.27 bits per heavy atom. The van der Waals surface area contributed by atoms with Crippen LogP contribution in [0.4, 0.5) is 10.5 Å². The fraction of sp³-hybridized carbons (Fsp3) is 0.500. The normalized spacial score (nSPS) is 10.5. The van der Waals surface area contributed by atoms with Gasteiger partial charge in [0, 0.05) is 6.42 Å². The highest BCUT2D eigenvalue weighted by atomic mass is 16.6. The lowest BCUT2D eigenvalue weighted by Gasteiger charge is -2.21. The highest BCUT2D eigenvalue weighted by Gasteiger charge is 2.19. The van der Waals surface area contributed by atoms with Gasteiger partial charge in [0.05, 0.1) is 26.0 Å². The molecule has 1 aromatic rings. The van der Waals surface area contributed by atoms with Gasteiger partial charge < -0.3 is 14.2 Å². The molecule has 120 valence electrons. The lowest BCUT2D eigenvalue weighted by molar-refractivity contribution is 0.0635. The fourth-order valence-electron chi connectivity index (χ4n) is 1.87. The molecule has 0 atom stereocenters. The van der Waals surface area contributed by atoms with Crippen LogP contribution < -0.4 is 14.8 Å². The molecule has 6 heteroatoms. The summed E-state index contributed by atoms with van der Waals surface area (Å²) >= 11 is 0. The first-order valence-corrected chi connectivity index (χ1v) is 6.92. The summed E-state index contributed by atoms with van der Waals surface area (Å²) in [5.74, 6) is 0.901. The summed E-state index contributed by atoms with van der Waals surface area (Å²) < 4.78 is 15.8. The third kappa shape index (κ3) is 5.17. The third-order valence-electron chi connectivity index (χ3n) is 2.70. The van der Waals surface area contributed by atoms with E-state index in [9.17, 15) is 4.79 Å². The molecule has 0 spiro atoms. The van der Waals surface area contributed by atoms with Gasteiger partial charge in [-0.2, -0.15) is 5.26 Å². The van der Waals surface area contributed by atoms with E-state index in [1.54, 1.807) is 32.9 Å². The van der Waals surface area contributed by atoms with E-state index >= 15 is 0 Å². The maximum Gasteiger partial charge on any atom is 0.412 e. The molecule has 0 radical (unpaired) electrons. The smallest absolute Gasteiger partial charge is 0.412 e. The number of rotatable bonds is 5. The summed E-state index contributed by atoms with van der Waals surface area (Å²) in [5, 5.41) is 11.4.